The first kappa shape index (κ1) is 14.9. The Balaban J connectivity index is 2.19. The van der Waals surface area contributed by atoms with Gasteiger partial charge in [0.25, 0.3) is 0 Å². The van der Waals surface area contributed by atoms with Crippen LogP contribution in [0.2, 0.25) is 0 Å². The lowest BCUT2D eigenvalue weighted by Gasteiger charge is -2.38. The summed E-state index contributed by atoms with van der Waals surface area (Å²) < 4.78 is 5.20. The lowest BCUT2D eigenvalue weighted by Crippen LogP contribution is -2.57. The maximum absolute atomic E-state index is 12.2. The van der Waals surface area contributed by atoms with Crippen molar-refractivity contribution in [2.75, 3.05) is 31.6 Å². The van der Waals surface area contributed by atoms with E-state index in [1.54, 1.807) is 0 Å². The van der Waals surface area contributed by atoms with Crippen LogP contribution in [-0.2, 0) is 16.0 Å². The van der Waals surface area contributed by atoms with E-state index in [0.717, 1.165) is 19.4 Å². The highest BCUT2D eigenvalue weighted by molar-refractivity contribution is 5.81. The molecule has 1 heterocycles. The predicted molar refractivity (Wildman–Crippen MR) is 81.1 cm³/mol. The first-order chi connectivity index (χ1) is 9.60. The predicted octanol–water partition coefficient (Wildman–Crippen LogP) is 1.98. The maximum atomic E-state index is 12.2. The van der Waals surface area contributed by atoms with Crippen molar-refractivity contribution in [2.24, 2.45) is 0 Å². The van der Waals surface area contributed by atoms with Crippen LogP contribution >= 0.6 is 0 Å². The van der Waals surface area contributed by atoms with Crippen molar-refractivity contribution in [3.05, 3.63) is 29.8 Å². The summed E-state index contributed by atoms with van der Waals surface area (Å²) >= 11 is 0. The number of ether oxygens (including phenoxy) is 1. The smallest absolute Gasteiger partial charge is 0.327 e. The number of fused-ring (bicyclic) bond motifs is 1. The number of carbonyl (C=O) groups excluding carboxylic acids is 1. The van der Waals surface area contributed by atoms with Crippen LogP contribution in [0.4, 0.5) is 5.69 Å². The fraction of sp³-hybridized carbons (Fsp3) is 0.562. The normalized spacial score (nSPS) is 17.2. The molecule has 0 fully saturated rings. The molecule has 0 aromatic heterocycles. The van der Waals surface area contributed by atoms with Crippen molar-refractivity contribution in [3.63, 3.8) is 0 Å². The van der Waals surface area contributed by atoms with Gasteiger partial charge in [-0.25, -0.2) is 4.79 Å². The zero-order valence-electron chi connectivity index (χ0n) is 12.6. The highest BCUT2D eigenvalue weighted by Gasteiger charge is 2.36. The molecule has 1 unspecified atom stereocenters. The second-order valence-electron chi connectivity index (χ2n) is 5.46. The monoisotopic (exact) mass is 276 g/mol. The van der Waals surface area contributed by atoms with Gasteiger partial charge >= 0.3 is 5.97 Å². The number of hydrogen-bond donors (Lipinski definition) is 1. The number of nitrogens with zero attached hydrogens (tertiary/aromatic N) is 1. The zero-order chi connectivity index (χ0) is 14.6. The molecule has 1 aliphatic heterocycles. The molecule has 0 aliphatic carbocycles. The van der Waals surface area contributed by atoms with E-state index in [2.05, 4.69) is 34.5 Å². The second kappa shape index (κ2) is 6.27. The van der Waals surface area contributed by atoms with Gasteiger partial charge < -0.3 is 15.0 Å². The minimum atomic E-state index is -0.680. The number of anilines is 1. The van der Waals surface area contributed by atoms with Crippen molar-refractivity contribution < 1.29 is 9.53 Å². The van der Waals surface area contributed by atoms with Gasteiger partial charge in [0.1, 0.15) is 5.54 Å². The summed E-state index contributed by atoms with van der Waals surface area (Å²) in [4.78, 5) is 14.5. The molecular formula is C16H24N2O2. The Hall–Kier alpha value is -1.55. The highest BCUT2D eigenvalue weighted by Crippen LogP contribution is 2.28. The van der Waals surface area contributed by atoms with Gasteiger partial charge in [-0.1, -0.05) is 18.2 Å². The van der Waals surface area contributed by atoms with Crippen LogP contribution in [0.15, 0.2) is 24.3 Å². The summed E-state index contributed by atoms with van der Waals surface area (Å²) in [5.41, 5.74) is 1.92. The Morgan fingerprint density at radius 1 is 1.45 bits per heavy atom. The molecule has 1 aromatic carbocycles. The van der Waals surface area contributed by atoms with Gasteiger partial charge in [0.15, 0.2) is 0 Å². The molecule has 4 heteroatoms. The number of hydrogen-bond acceptors (Lipinski definition) is 4. The van der Waals surface area contributed by atoms with E-state index in [9.17, 15) is 4.79 Å². The average Bonchev–Trinajstić information content (AvgIpc) is 2.48. The summed E-state index contributed by atoms with van der Waals surface area (Å²) in [6.07, 6.45) is 2.24. The molecule has 4 nitrogen and oxygen atoms in total. The van der Waals surface area contributed by atoms with Crippen LogP contribution in [0, 0.1) is 0 Å². The van der Waals surface area contributed by atoms with Crippen LogP contribution in [0.3, 0.4) is 0 Å². The Morgan fingerprint density at radius 2 is 2.20 bits per heavy atom. The number of aryl methyl sites for hydroxylation is 1. The van der Waals surface area contributed by atoms with E-state index in [1.807, 2.05) is 20.9 Å². The molecule has 1 atom stereocenters. The van der Waals surface area contributed by atoms with Gasteiger partial charge in [-0.2, -0.15) is 0 Å². The first-order valence-electron chi connectivity index (χ1n) is 7.29. The summed E-state index contributed by atoms with van der Waals surface area (Å²) in [5, 5.41) is 3.12. The number of benzene rings is 1. The van der Waals surface area contributed by atoms with E-state index < -0.39 is 5.54 Å². The topological polar surface area (TPSA) is 41.6 Å². The Morgan fingerprint density at radius 3 is 2.90 bits per heavy atom. The summed E-state index contributed by atoms with van der Waals surface area (Å²) in [6, 6.07) is 8.43. The number of carbonyl (C=O) groups is 1. The van der Waals surface area contributed by atoms with Crippen LogP contribution in [0.1, 0.15) is 25.8 Å². The lowest BCUT2D eigenvalue weighted by atomic mass is 9.97. The van der Waals surface area contributed by atoms with Gasteiger partial charge in [-0.05, 0) is 45.4 Å². The maximum Gasteiger partial charge on any atom is 0.327 e. The van der Waals surface area contributed by atoms with E-state index in [0.29, 0.717) is 13.2 Å². The molecule has 2 rings (SSSR count). The molecule has 0 radical (unpaired) electrons. The molecule has 0 saturated heterocycles. The number of rotatable bonds is 5. The number of para-hydroxylation sites is 1. The molecular weight excluding hydrogens is 252 g/mol. The van der Waals surface area contributed by atoms with E-state index >= 15 is 0 Å². The quantitative estimate of drug-likeness (QED) is 0.835. The third-order valence-electron chi connectivity index (χ3n) is 3.99. The minimum Gasteiger partial charge on any atom is -0.465 e. The average molecular weight is 276 g/mol. The van der Waals surface area contributed by atoms with E-state index in [-0.39, 0.29) is 5.97 Å². The van der Waals surface area contributed by atoms with Crippen LogP contribution in [-0.4, -0.2) is 38.3 Å². The van der Waals surface area contributed by atoms with Crippen molar-refractivity contribution in [2.45, 2.75) is 32.2 Å². The van der Waals surface area contributed by atoms with Gasteiger partial charge in [0.05, 0.1) is 6.61 Å². The van der Waals surface area contributed by atoms with Crippen molar-refractivity contribution in [1.82, 2.24) is 5.32 Å². The fourth-order valence-electron chi connectivity index (χ4n) is 2.69. The zero-order valence-corrected chi connectivity index (χ0v) is 12.6. The molecule has 0 amide bonds. The molecule has 0 saturated carbocycles. The van der Waals surface area contributed by atoms with Gasteiger partial charge in [0.2, 0.25) is 0 Å². The molecule has 1 aliphatic rings. The SMILES string of the molecule is CCOC(=O)C(C)(CN1CCCc2ccccc21)NC. The third kappa shape index (κ3) is 2.96. The van der Waals surface area contributed by atoms with Gasteiger partial charge in [-0.3, -0.25) is 0 Å². The molecule has 0 spiro atoms. The first-order valence-corrected chi connectivity index (χ1v) is 7.29. The highest BCUT2D eigenvalue weighted by atomic mass is 16.5. The Labute approximate surface area is 121 Å². The van der Waals surface area contributed by atoms with E-state index in [4.69, 9.17) is 4.74 Å². The summed E-state index contributed by atoms with van der Waals surface area (Å²) in [7, 11) is 1.81. The minimum absolute atomic E-state index is 0.189. The van der Waals surface area contributed by atoms with Crippen LogP contribution < -0.4 is 10.2 Å². The number of nitrogens with one attached hydrogen (secondary N) is 1. The number of likely N-dealkylation sites (N-methyl/N-ethyl adjacent to an activating group) is 1. The van der Waals surface area contributed by atoms with Gasteiger partial charge in [-0.15, -0.1) is 0 Å². The fourth-order valence-corrected chi connectivity index (χ4v) is 2.69. The number of esters is 1. The van der Waals surface area contributed by atoms with Crippen molar-refractivity contribution in [1.29, 1.82) is 0 Å². The van der Waals surface area contributed by atoms with Crippen LogP contribution in [0.25, 0.3) is 0 Å². The molecule has 110 valence electrons. The summed E-state index contributed by atoms with van der Waals surface area (Å²) in [6.45, 7) is 5.76. The lowest BCUT2D eigenvalue weighted by molar-refractivity contribution is -0.149. The van der Waals surface area contributed by atoms with Crippen molar-refractivity contribution >= 4 is 11.7 Å². The molecule has 1 aromatic rings. The largest absolute Gasteiger partial charge is 0.465 e. The van der Waals surface area contributed by atoms with Crippen LogP contribution in [0.5, 0.6) is 0 Å². The Bertz CT molecular complexity index is 475. The molecule has 0 bridgehead atoms. The van der Waals surface area contributed by atoms with E-state index in [1.165, 1.54) is 11.3 Å². The molecule has 1 N–H and O–H groups in total. The standard InChI is InChI=1S/C16H24N2O2/c1-4-20-15(19)16(2,17-3)12-18-11-7-9-13-8-5-6-10-14(13)18/h5-6,8,10,17H,4,7,9,11-12H2,1-3H3. The van der Waals surface area contributed by atoms with Crippen molar-refractivity contribution in [3.8, 4) is 0 Å². The Kier molecular flexibility index (Phi) is 4.65. The molecule has 20 heavy (non-hydrogen) atoms. The second-order valence-corrected chi connectivity index (χ2v) is 5.46. The third-order valence-corrected chi connectivity index (χ3v) is 3.99. The summed E-state index contributed by atoms with van der Waals surface area (Å²) in [5.74, 6) is -0.189. The van der Waals surface area contributed by atoms with Gasteiger partial charge in [0, 0.05) is 18.8 Å².